The summed E-state index contributed by atoms with van der Waals surface area (Å²) in [4.78, 5) is 0. The summed E-state index contributed by atoms with van der Waals surface area (Å²) in [6.07, 6.45) is 1.92. The molecule has 0 amide bonds. The molecule has 21 heavy (non-hydrogen) atoms. The van der Waals surface area contributed by atoms with Crippen LogP contribution >= 0.6 is 15.9 Å². The topological polar surface area (TPSA) is 50.7 Å². The van der Waals surface area contributed by atoms with Gasteiger partial charge in [-0.2, -0.15) is 0 Å². The quantitative estimate of drug-likeness (QED) is 0.627. The van der Waals surface area contributed by atoms with Crippen molar-refractivity contribution in [2.45, 2.75) is 46.3 Å². The first-order valence-corrected chi connectivity index (χ1v) is 8.31. The third-order valence-electron chi connectivity index (χ3n) is 2.85. The van der Waals surface area contributed by atoms with Crippen molar-refractivity contribution in [1.82, 2.24) is 5.32 Å². The SMILES string of the molecule is CCOc1cc(CNCCCCO)c(Br)cc1OC(C)C. The third kappa shape index (κ3) is 6.68. The van der Waals surface area contributed by atoms with Crippen molar-refractivity contribution < 1.29 is 14.6 Å². The Balaban J connectivity index is 2.73. The maximum absolute atomic E-state index is 8.76. The van der Waals surface area contributed by atoms with E-state index in [9.17, 15) is 0 Å². The third-order valence-corrected chi connectivity index (χ3v) is 3.59. The molecule has 1 aromatic carbocycles. The van der Waals surface area contributed by atoms with Gasteiger partial charge in [0.2, 0.25) is 0 Å². The monoisotopic (exact) mass is 359 g/mol. The first-order valence-electron chi connectivity index (χ1n) is 7.52. The molecule has 0 atom stereocenters. The number of hydrogen-bond donors (Lipinski definition) is 2. The van der Waals surface area contributed by atoms with E-state index in [4.69, 9.17) is 14.6 Å². The summed E-state index contributed by atoms with van der Waals surface area (Å²) < 4.78 is 12.5. The van der Waals surface area contributed by atoms with E-state index < -0.39 is 0 Å². The van der Waals surface area contributed by atoms with Gasteiger partial charge in [-0.25, -0.2) is 0 Å². The summed E-state index contributed by atoms with van der Waals surface area (Å²) in [5, 5.41) is 12.1. The molecule has 0 spiro atoms. The van der Waals surface area contributed by atoms with Gasteiger partial charge in [0.25, 0.3) is 0 Å². The van der Waals surface area contributed by atoms with Gasteiger partial charge >= 0.3 is 0 Å². The molecule has 0 saturated carbocycles. The van der Waals surface area contributed by atoms with Gasteiger partial charge in [0, 0.05) is 17.6 Å². The van der Waals surface area contributed by atoms with Crippen LogP contribution in [-0.2, 0) is 6.54 Å². The lowest BCUT2D eigenvalue weighted by Crippen LogP contribution is -2.16. The Bertz CT molecular complexity index is 424. The van der Waals surface area contributed by atoms with Gasteiger partial charge in [-0.15, -0.1) is 0 Å². The lowest BCUT2D eigenvalue weighted by molar-refractivity contribution is 0.223. The number of ether oxygens (including phenoxy) is 2. The number of nitrogens with one attached hydrogen (secondary N) is 1. The molecule has 0 heterocycles. The molecule has 120 valence electrons. The number of rotatable bonds is 10. The highest BCUT2D eigenvalue weighted by atomic mass is 79.9. The second kappa shape index (κ2) is 10.0. The van der Waals surface area contributed by atoms with E-state index in [1.165, 1.54) is 0 Å². The van der Waals surface area contributed by atoms with E-state index >= 15 is 0 Å². The summed E-state index contributed by atoms with van der Waals surface area (Å²) in [5.41, 5.74) is 1.14. The Morgan fingerprint density at radius 3 is 2.62 bits per heavy atom. The van der Waals surface area contributed by atoms with Crippen LogP contribution < -0.4 is 14.8 Å². The number of aliphatic hydroxyl groups is 1. The molecular formula is C16H26BrNO3. The van der Waals surface area contributed by atoms with Crippen molar-refractivity contribution >= 4 is 15.9 Å². The minimum absolute atomic E-state index is 0.110. The zero-order chi connectivity index (χ0) is 15.7. The van der Waals surface area contributed by atoms with Gasteiger partial charge in [-0.05, 0) is 57.9 Å². The summed E-state index contributed by atoms with van der Waals surface area (Å²) >= 11 is 3.59. The van der Waals surface area contributed by atoms with E-state index in [-0.39, 0.29) is 12.7 Å². The Morgan fingerprint density at radius 1 is 1.24 bits per heavy atom. The van der Waals surface area contributed by atoms with Crippen LogP contribution in [0.15, 0.2) is 16.6 Å². The van der Waals surface area contributed by atoms with Gasteiger partial charge in [0.1, 0.15) is 0 Å². The van der Waals surface area contributed by atoms with E-state index in [1.807, 2.05) is 32.9 Å². The molecule has 1 rings (SSSR count). The van der Waals surface area contributed by atoms with Crippen molar-refractivity contribution in [3.8, 4) is 11.5 Å². The number of unbranched alkanes of at least 4 members (excludes halogenated alkanes) is 1. The molecule has 1 aromatic rings. The van der Waals surface area contributed by atoms with Crippen LogP contribution in [0.4, 0.5) is 0 Å². The Kier molecular flexibility index (Phi) is 8.73. The first kappa shape index (κ1) is 18.3. The van der Waals surface area contributed by atoms with Crippen molar-refractivity contribution in [3.63, 3.8) is 0 Å². The number of benzene rings is 1. The molecular weight excluding hydrogens is 334 g/mol. The first-order chi connectivity index (χ1) is 10.1. The summed E-state index contributed by atoms with van der Waals surface area (Å²) in [5.74, 6) is 1.55. The maximum Gasteiger partial charge on any atom is 0.162 e. The lowest BCUT2D eigenvalue weighted by Gasteiger charge is -2.17. The molecule has 2 N–H and O–H groups in total. The van der Waals surface area contributed by atoms with Gasteiger partial charge < -0.3 is 19.9 Å². The van der Waals surface area contributed by atoms with Crippen LogP contribution in [0.1, 0.15) is 39.2 Å². The van der Waals surface area contributed by atoms with Gasteiger partial charge in [-0.1, -0.05) is 15.9 Å². The fraction of sp³-hybridized carbons (Fsp3) is 0.625. The predicted molar refractivity (Wildman–Crippen MR) is 89.1 cm³/mol. The van der Waals surface area contributed by atoms with Crippen molar-refractivity contribution in [1.29, 1.82) is 0 Å². The number of hydrogen-bond acceptors (Lipinski definition) is 4. The Labute approximate surface area is 136 Å². The van der Waals surface area contributed by atoms with E-state index in [0.29, 0.717) is 6.61 Å². The molecule has 0 aliphatic rings. The van der Waals surface area contributed by atoms with Crippen LogP contribution in [-0.4, -0.2) is 31.0 Å². The van der Waals surface area contributed by atoms with Crippen LogP contribution in [0, 0.1) is 0 Å². The molecule has 0 aliphatic carbocycles. The van der Waals surface area contributed by atoms with E-state index in [1.54, 1.807) is 0 Å². The molecule has 0 aliphatic heterocycles. The fourth-order valence-electron chi connectivity index (χ4n) is 1.91. The molecule has 0 saturated heterocycles. The summed E-state index contributed by atoms with van der Waals surface area (Å²) in [6.45, 7) is 8.48. The van der Waals surface area contributed by atoms with Gasteiger partial charge in [0.15, 0.2) is 11.5 Å². The van der Waals surface area contributed by atoms with E-state index in [0.717, 1.165) is 47.5 Å². The highest BCUT2D eigenvalue weighted by Gasteiger charge is 2.12. The summed E-state index contributed by atoms with van der Waals surface area (Å²) in [6, 6.07) is 3.99. The van der Waals surface area contributed by atoms with Crippen LogP contribution in [0.25, 0.3) is 0 Å². The second-order valence-electron chi connectivity index (χ2n) is 5.10. The highest BCUT2D eigenvalue weighted by Crippen LogP contribution is 2.34. The molecule has 0 aromatic heterocycles. The Morgan fingerprint density at radius 2 is 2.00 bits per heavy atom. The van der Waals surface area contributed by atoms with E-state index in [2.05, 4.69) is 21.2 Å². The number of halogens is 1. The predicted octanol–water partition coefficient (Wildman–Crippen LogP) is 3.50. The minimum atomic E-state index is 0.110. The molecule has 0 radical (unpaired) electrons. The van der Waals surface area contributed by atoms with Crippen molar-refractivity contribution in [2.75, 3.05) is 19.8 Å². The van der Waals surface area contributed by atoms with Gasteiger partial charge in [0.05, 0.1) is 12.7 Å². The average molecular weight is 360 g/mol. The molecule has 5 heteroatoms. The molecule has 0 fully saturated rings. The Hall–Kier alpha value is -0.780. The summed E-state index contributed by atoms with van der Waals surface area (Å²) in [7, 11) is 0. The standard InChI is InChI=1S/C16H26BrNO3/c1-4-20-15-9-13(11-18-7-5-6-8-19)14(17)10-16(15)21-12(2)3/h9-10,12,18-19H,4-8,11H2,1-3H3. The zero-order valence-corrected chi connectivity index (χ0v) is 14.7. The largest absolute Gasteiger partial charge is 0.490 e. The van der Waals surface area contributed by atoms with Gasteiger partial charge in [-0.3, -0.25) is 0 Å². The molecule has 0 bridgehead atoms. The number of aliphatic hydroxyl groups excluding tert-OH is 1. The highest BCUT2D eigenvalue weighted by molar-refractivity contribution is 9.10. The minimum Gasteiger partial charge on any atom is -0.490 e. The maximum atomic E-state index is 8.76. The average Bonchev–Trinajstić information content (AvgIpc) is 2.42. The second-order valence-corrected chi connectivity index (χ2v) is 5.95. The normalized spacial score (nSPS) is 11.0. The molecule has 4 nitrogen and oxygen atoms in total. The molecule has 0 unspecified atom stereocenters. The van der Waals surface area contributed by atoms with Crippen LogP contribution in [0.2, 0.25) is 0 Å². The fourth-order valence-corrected chi connectivity index (χ4v) is 2.37. The van der Waals surface area contributed by atoms with Crippen LogP contribution in [0.5, 0.6) is 11.5 Å². The van der Waals surface area contributed by atoms with Crippen molar-refractivity contribution in [3.05, 3.63) is 22.2 Å². The zero-order valence-electron chi connectivity index (χ0n) is 13.1. The van der Waals surface area contributed by atoms with Crippen LogP contribution in [0.3, 0.4) is 0 Å². The lowest BCUT2D eigenvalue weighted by atomic mass is 10.2. The van der Waals surface area contributed by atoms with Crippen molar-refractivity contribution in [2.24, 2.45) is 0 Å². The smallest absolute Gasteiger partial charge is 0.162 e.